The van der Waals surface area contributed by atoms with Crippen LogP contribution in [0.5, 0.6) is 0 Å². The molecule has 20 heavy (non-hydrogen) atoms. The van der Waals surface area contributed by atoms with Crippen LogP contribution in [0.15, 0.2) is 35.0 Å². The lowest BCUT2D eigenvalue weighted by Gasteiger charge is -2.18. The molecule has 104 valence electrons. The summed E-state index contributed by atoms with van der Waals surface area (Å²) in [6, 6.07) is 8.09. The average Bonchev–Trinajstić information content (AvgIpc) is 3.14. The fourth-order valence-corrected chi connectivity index (χ4v) is 3.07. The summed E-state index contributed by atoms with van der Waals surface area (Å²) in [4.78, 5) is 16.7. The maximum atomic E-state index is 12.2. The van der Waals surface area contributed by atoms with E-state index >= 15 is 0 Å². The molecule has 0 bridgehead atoms. The second-order valence-corrected chi connectivity index (χ2v) is 6.17. The summed E-state index contributed by atoms with van der Waals surface area (Å²) in [7, 11) is 0. The van der Waals surface area contributed by atoms with Gasteiger partial charge in [0.05, 0.1) is 18.2 Å². The number of nitrogens with one attached hydrogen (secondary N) is 1. The van der Waals surface area contributed by atoms with Gasteiger partial charge in [-0.2, -0.15) is 11.3 Å². The van der Waals surface area contributed by atoms with Gasteiger partial charge in [-0.3, -0.25) is 9.78 Å². The molecule has 1 atom stereocenters. The third-order valence-electron chi connectivity index (χ3n) is 3.58. The van der Waals surface area contributed by atoms with E-state index in [2.05, 4.69) is 10.3 Å². The van der Waals surface area contributed by atoms with Gasteiger partial charge >= 0.3 is 0 Å². The SMILES string of the molecule is Cc1cccc([C@@H](NC(=O)Cc2ccsc2)C2CC2)n1. The molecule has 0 aliphatic heterocycles. The standard InChI is InChI=1S/C16H18N2OS/c1-11-3-2-4-14(17-11)16(13-5-6-13)18-15(19)9-12-7-8-20-10-12/h2-4,7-8,10,13,16H,5-6,9H2,1H3,(H,18,19)/t16-/m0/s1. The lowest BCUT2D eigenvalue weighted by atomic mass is 10.1. The van der Waals surface area contributed by atoms with E-state index in [1.54, 1.807) is 11.3 Å². The number of amides is 1. The molecular weight excluding hydrogens is 268 g/mol. The molecule has 0 aromatic carbocycles. The average molecular weight is 286 g/mol. The Morgan fingerprint density at radius 1 is 1.45 bits per heavy atom. The molecule has 4 heteroatoms. The Balaban J connectivity index is 1.70. The molecule has 3 rings (SSSR count). The number of pyridine rings is 1. The molecule has 1 fully saturated rings. The maximum Gasteiger partial charge on any atom is 0.224 e. The van der Waals surface area contributed by atoms with Crippen molar-refractivity contribution in [3.63, 3.8) is 0 Å². The van der Waals surface area contributed by atoms with Crippen LogP contribution in [0.2, 0.25) is 0 Å². The first-order chi connectivity index (χ1) is 9.72. The molecule has 1 N–H and O–H groups in total. The Bertz CT molecular complexity index is 590. The highest BCUT2D eigenvalue weighted by molar-refractivity contribution is 7.07. The summed E-state index contributed by atoms with van der Waals surface area (Å²) >= 11 is 1.63. The molecule has 0 saturated heterocycles. The van der Waals surface area contributed by atoms with Crippen molar-refractivity contribution in [1.82, 2.24) is 10.3 Å². The van der Waals surface area contributed by atoms with Gasteiger partial charge in [-0.25, -0.2) is 0 Å². The predicted octanol–water partition coefficient (Wildman–Crippen LogP) is 3.26. The summed E-state index contributed by atoms with van der Waals surface area (Å²) in [5.41, 5.74) is 3.07. The highest BCUT2D eigenvalue weighted by Gasteiger charge is 2.34. The predicted molar refractivity (Wildman–Crippen MR) is 80.6 cm³/mol. The van der Waals surface area contributed by atoms with Crippen molar-refractivity contribution in [2.45, 2.75) is 32.2 Å². The summed E-state index contributed by atoms with van der Waals surface area (Å²) in [6.07, 6.45) is 2.82. The summed E-state index contributed by atoms with van der Waals surface area (Å²) in [5.74, 6) is 0.638. The molecule has 2 aromatic rings. The van der Waals surface area contributed by atoms with Crippen molar-refractivity contribution in [1.29, 1.82) is 0 Å². The zero-order valence-corrected chi connectivity index (χ0v) is 12.3. The molecule has 1 amide bonds. The number of rotatable bonds is 5. The molecule has 1 aliphatic rings. The lowest BCUT2D eigenvalue weighted by Crippen LogP contribution is -2.31. The van der Waals surface area contributed by atoms with Crippen molar-refractivity contribution in [3.05, 3.63) is 52.0 Å². The molecule has 3 nitrogen and oxygen atoms in total. The summed E-state index contributed by atoms with van der Waals surface area (Å²) in [5, 5.41) is 7.19. The van der Waals surface area contributed by atoms with Crippen molar-refractivity contribution in [3.8, 4) is 0 Å². The van der Waals surface area contributed by atoms with E-state index in [1.165, 1.54) is 12.8 Å². The van der Waals surface area contributed by atoms with Crippen LogP contribution in [-0.2, 0) is 11.2 Å². The first kappa shape index (κ1) is 13.3. The van der Waals surface area contributed by atoms with Gasteiger partial charge in [0.15, 0.2) is 0 Å². The van der Waals surface area contributed by atoms with E-state index in [9.17, 15) is 4.79 Å². The highest BCUT2D eigenvalue weighted by Crippen LogP contribution is 2.40. The first-order valence-electron chi connectivity index (χ1n) is 6.96. The van der Waals surface area contributed by atoms with Crippen LogP contribution in [0.3, 0.4) is 0 Å². The smallest absolute Gasteiger partial charge is 0.224 e. The Hall–Kier alpha value is -1.68. The van der Waals surface area contributed by atoms with Crippen LogP contribution in [-0.4, -0.2) is 10.9 Å². The minimum Gasteiger partial charge on any atom is -0.347 e. The largest absolute Gasteiger partial charge is 0.347 e. The number of carbonyl (C=O) groups excluding carboxylic acids is 1. The molecule has 0 radical (unpaired) electrons. The second-order valence-electron chi connectivity index (χ2n) is 5.39. The molecule has 1 aliphatic carbocycles. The third-order valence-corrected chi connectivity index (χ3v) is 4.32. The Kier molecular flexibility index (Phi) is 3.83. The van der Waals surface area contributed by atoms with Crippen LogP contribution in [0.1, 0.15) is 35.8 Å². The van der Waals surface area contributed by atoms with Gasteiger partial charge in [0.1, 0.15) is 0 Å². The molecule has 0 spiro atoms. The molecule has 2 aromatic heterocycles. The van der Waals surface area contributed by atoms with Gasteiger partial charge in [0.2, 0.25) is 5.91 Å². The Morgan fingerprint density at radius 3 is 2.95 bits per heavy atom. The number of aryl methyl sites for hydroxylation is 1. The van der Waals surface area contributed by atoms with Gasteiger partial charge in [-0.15, -0.1) is 0 Å². The minimum absolute atomic E-state index is 0.0704. The normalized spacial score (nSPS) is 15.8. The number of carbonyl (C=O) groups is 1. The van der Waals surface area contributed by atoms with E-state index in [0.29, 0.717) is 12.3 Å². The fourth-order valence-electron chi connectivity index (χ4n) is 2.40. The number of hydrogen-bond donors (Lipinski definition) is 1. The Labute approximate surface area is 123 Å². The molecule has 2 heterocycles. The number of aromatic nitrogens is 1. The van der Waals surface area contributed by atoms with Crippen LogP contribution >= 0.6 is 11.3 Å². The van der Waals surface area contributed by atoms with E-state index in [1.807, 2.05) is 41.9 Å². The highest BCUT2D eigenvalue weighted by atomic mass is 32.1. The third kappa shape index (κ3) is 3.25. The molecule has 0 unspecified atom stereocenters. The van der Waals surface area contributed by atoms with E-state index < -0.39 is 0 Å². The van der Waals surface area contributed by atoms with Crippen LogP contribution in [0, 0.1) is 12.8 Å². The van der Waals surface area contributed by atoms with E-state index in [0.717, 1.165) is 17.0 Å². The molecular formula is C16H18N2OS. The van der Waals surface area contributed by atoms with Crippen molar-refractivity contribution >= 4 is 17.2 Å². The molecule has 1 saturated carbocycles. The van der Waals surface area contributed by atoms with Crippen LogP contribution in [0.25, 0.3) is 0 Å². The Morgan fingerprint density at radius 2 is 2.30 bits per heavy atom. The van der Waals surface area contributed by atoms with E-state index in [4.69, 9.17) is 0 Å². The quantitative estimate of drug-likeness (QED) is 0.916. The minimum atomic E-state index is 0.0704. The number of hydrogen-bond acceptors (Lipinski definition) is 3. The zero-order chi connectivity index (χ0) is 13.9. The van der Waals surface area contributed by atoms with Crippen molar-refractivity contribution in [2.24, 2.45) is 5.92 Å². The topological polar surface area (TPSA) is 42.0 Å². The summed E-state index contributed by atoms with van der Waals surface area (Å²) in [6.45, 7) is 1.99. The van der Waals surface area contributed by atoms with Crippen LogP contribution in [0.4, 0.5) is 0 Å². The zero-order valence-electron chi connectivity index (χ0n) is 11.5. The maximum absolute atomic E-state index is 12.2. The van der Waals surface area contributed by atoms with Gasteiger partial charge in [-0.1, -0.05) is 6.07 Å². The van der Waals surface area contributed by atoms with Gasteiger partial charge in [0, 0.05) is 5.69 Å². The van der Waals surface area contributed by atoms with Gasteiger partial charge in [-0.05, 0) is 60.2 Å². The monoisotopic (exact) mass is 286 g/mol. The number of nitrogens with zero attached hydrogens (tertiary/aromatic N) is 1. The van der Waals surface area contributed by atoms with Crippen molar-refractivity contribution < 1.29 is 4.79 Å². The van der Waals surface area contributed by atoms with Gasteiger partial charge < -0.3 is 5.32 Å². The second kappa shape index (κ2) is 5.75. The summed E-state index contributed by atoms with van der Waals surface area (Å²) < 4.78 is 0. The fraction of sp³-hybridized carbons (Fsp3) is 0.375. The van der Waals surface area contributed by atoms with Crippen LogP contribution < -0.4 is 5.32 Å². The lowest BCUT2D eigenvalue weighted by molar-refractivity contribution is -0.121. The van der Waals surface area contributed by atoms with Crippen molar-refractivity contribution in [2.75, 3.05) is 0 Å². The number of thiophene rings is 1. The van der Waals surface area contributed by atoms with Gasteiger partial charge in [0.25, 0.3) is 0 Å². The van der Waals surface area contributed by atoms with E-state index in [-0.39, 0.29) is 11.9 Å². The first-order valence-corrected chi connectivity index (χ1v) is 7.90.